The highest BCUT2D eigenvalue weighted by Gasteiger charge is 2.06. The Bertz CT molecular complexity index is 655. The summed E-state index contributed by atoms with van der Waals surface area (Å²) in [5.41, 5.74) is 2.58. The quantitative estimate of drug-likeness (QED) is 0.217. The lowest BCUT2D eigenvalue weighted by Crippen LogP contribution is -2.24. The number of hydrogen-bond acceptors (Lipinski definition) is 4. The van der Waals surface area contributed by atoms with Gasteiger partial charge in [0.2, 0.25) is 0 Å². The zero-order valence-electron chi connectivity index (χ0n) is 21.5. The van der Waals surface area contributed by atoms with Gasteiger partial charge in [0.15, 0.2) is 0 Å². The average molecular weight is 455 g/mol. The molecular formula is C29H46N2O2. The number of hydrogen-bond donors (Lipinski definition) is 0. The molecule has 0 atom stereocenters. The van der Waals surface area contributed by atoms with Crippen LogP contribution in [0.4, 0.5) is 11.4 Å². The molecule has 0 heterocycles. The van der Waals surface area contributed by atoms with Gasteiger partial charge in [-0.05, 0) is 93.5 Å². The Kier molecular flexibility index (Phi) is 13.3. The van der Waals surface area contributed by atoms with Crippen LogP contribution in [-0.4, -0.2) is 39.4 Å². The third-order valence-electron chi connectivity index (χ3n) is 5.70. The van der Waals surface area contributed by atoms with Crippen molar-refractivity contribution in [3.05, 3.63) is 48.5 Å². The van der Waals surface area contributed by atoms with Crippen LogP contribution < -0.4 is 19.3 Å². The first kappa shape index (κ1) is 26.9. The molecule has 0 aliphatic heterocycles. The summed E-state index contributed by atoms with van der Waals surface area (Å²) in [6, 6.07) is 17.1. The fourth-order valence-electron chi connectivity index (χ4n) is 4.09. The molecule has 0 bridgehead atoms. The number of unbranched alkanes of at least 4 members (excludes halogenated alkanes) is 2. The van der Waals surface area contributed by atoms with Gasteiger partial charge in [-0.25, -0.2) is 0 Å². The third kappa shape index (κ3) is 9.98. The summed E-state index contributed by atoms with van der Waals surface area (Å²) in [6.07, 6.45) is 7.88. The van der Waals surface area contributed by atoms with Crippen LogP contribution in [0, 0.1) is 0 Å². The van der Waals surface area contributed by atoms with E-state index in [1.54, 1.807) is 0 Å². The van der Waals surface area contributed by atoms with Gasteiger partial charge in [-0.3, -0.25) is 0 Å². The van der Waals surface area contributed by atoms with Crippen molar-refractivity contribution in [3.8, 4) is 11.5 Å². The second kappa shape index (κ2) is 16.3. The van der Waals surface area contributed by atoms with E-state index >= 15 is 0 Å². The SMILES string of the molecule is CCCN(CCC)c1ccc(OCCCCCOc2ccc(N(CCC)CCC)cc2)cc1. The molecule has 0 radical (unpaired) electrons. The first-order valence-electron chi connectivity index (χ1n) is 13.2. The minimum atomic E-state index is 0.756. The number of nitrogens with zero attached hydrogens (tertiary/aromatic N) is 2. The van der Waals surface area contributed by atoms with Crippen molar-refractivity contribution in [2.24, 2.45) is 0 Å². The molecule has 184 valence electrons. The van der Waals surface area contributed by atoms with Gasteiger partial charge in [-0.2, -0.15) is 0 Å². The van der Waals surface area contributed by atoms with Gasteiger partial charge in [-0.15, -0.1) is 0 Å². The Labute approximate surface area is 202 Å². The highest BCUT2D eigenvalue weighted by atomic mass is 16.5. The van der Waals surface area contributed by atoms with E-state index in [4.69, 9.17) is 9.47 Å². The number of rotatable bonds is 18. The van der Waals surface area contributed by atoms with Gasteiger partial charge in [0.25, 0.3) is 0 Å². The zero-order valence-corrected chi connectivity index (χ0v) is 21.5. The summed E-state index contributed by atoms with van der Waals surface area (Å²) in [5, 5.41) is 0. The largest absolute Gasteiger partial charge is 0.494 e. The summed E-state index contributed by atoms with van der Waals surface area (Å²) in [7, 11) is 0. The molecular weight excluding hydrogens is 408 g/mol. The third-order valence-corrected chi connectivity index (χ3v) is 5.70. The predicted molar refractivity (Wildman–Crippen MR) is 143 cm³/mol. The topological polar surface area (TPSA) is 24.9 Å². The van der Waals surface area contributed by atoms with Gasteiger partial charge in [0, 0.05) is 37.6 Å². The van der Waals surface area contributed by atoms with Crippen molar-refractivity contribution < 1.29 is 9.47 Å². The Morgan fingerprint density at radius 1 is 0.485 bits per heavy atom. The minimum absolute atomic E-state index is 0.756. The lowest BCUT2D eigenvalue weighted by molar-refractivity contribution is 0.279. The Morgan fingerprint density at radius 2 is 0.818 bits per heavy atom. The summed E-state index contributed by atoms with van der Waals surface area (Å²) in [6.45, 7) is 14.9. The van der Waals surface area contributed by atoms with Gasteiger partial charge >= 0.3 is 0 Å². The van der Waals surface area contributed by atoms with Crippen LogP contribution in [0.25, 0.3) is 0 Å². The molecule has 0 spiro atoms. The number of benzene rings is 2. The average Bonchev–Trinajstić information content (AvgIpc) is 2.84. The summed E-state index contributed by atoms with van der Waals surface area (Å²) >= 11 is 0. The van der Waals surface area contributed by atoms with Crippen LogP contribution in [-0.2, 0) is 0 Å². The fraction of sp³-hybridized carbons (Fsp3) is 0.586. The van der Waals surface area contributed by atoms with Crippen molar-refractivity contribution in [1.29, 1.82) is 0 Å². The van der Waals surface area contributed by atoms with Crippen molar-refractivity contribution in [3.63, 3.8) is 0 Å². The molecule has 2 rings (SSSR count). The van der Waals surface area contributed by atoms with E-state index < -0.39 is 0 Å². The molecule has 0 N–H and O–H groups in total. The fourth-order valence-corrected chi connectivity index (χ4v) is 4.09. The van der Waals surface area contributed by atoms with E-state index in [1.807, 2.05) is 0 Å². The van der Waals surface area contributed by atoms with E-state index in [0.717, 1.165) is 70.2 Å². The van der Waals surface area contributed by atoms with E-state index in [9.17, 15) is 0 Å². The van der Waals surface area contributed by atoms with E-state index in [0.29, 0.717) is 0 Å². The zero-order chi connectivity index (χ0) is 23.7. The monoisotopic (exact) mass is 454 g/mol. The lowest BCUT2D eigenvalue weighted by atomic mass is 10.2. The summed E-state index contributed by atoms with van der Waals surface area (Å²) in [4.78, 5) is 4.90. The van der Waals surface area contributed by atoms with E-state index in [-0.39, 0.29) is 0 Å². The van der Waals surface area contributed by atoms with Crippen LogP contribution in [0.3, 0.4) is 0 Å². The highest BCUT2D eigenvalue weighted by molar-refractivity contribution is 5.49. The number of anilines is 2. The van der Waals surface area contributed by atoms with E-state index in [2.05, 4.69) is 86.0 Å². The van der Waals surface area contributed by atoms with Crippen LogP contribution in [0.15, 0.2) is 48.5 Å². The van der Waals surface area contributed by atoms with Gasteiger partial charge in [0.05, 0.1) is 13.2 Å². The maximum absolute atomic E-state index is 5.94. The minimum Gasteiger partial charge on any atom is -0.494 e. The molecule has 0 aliphatic rings. The molecule has 2 aromatic carbocycles. The lowest BCUT2D eigenvalue weighted by Gasteiger charge is -2.24. The Morgan fingerprint density at radius 3 is 1.12 bits per heavy atom. The van der Waals surface area contributed by atoms with Crippen LogP contribution in [0.2, 0.25) is 0 Å². The van der Waals surface area contributed by atoms with Crippen molar-refractivity contribution in [2.45, 2.75) is 72.6 Å². The first-order valence-corrected chi connectivity index (χ1v) is 13.2. The van der Waals surface area contributed by atoms with Crippen molar-refractivity contribution >= 4 is 11.4 Å². The Hall–Kier alpha value is -2.36. The standard InChI is InChI=1S/C29H46N2O2/c1-5-20-30(21-6-2)26-12-16-28(17-13-26)32-24-10-9-11-25-33-29-18-14-27(15-19-29)31(22-7-3)23-8-4/h12-19H,5-11,20-25H2,1-4H3. The Balaban J connectivity index is 1.62. The molecule has 2 aromatic rings. The van der Waals surface area contributed by atoms with Crippen molar-refractivity contribution in [1.82, 2.24) is 0 Å². The van der Waals surface area contributed by atoms with Crippen LogP contribution in [0.1, 0.15) is 72.6 Å². The summed E-state index contributed by atoms with van der Waals surface area (Å²) in [5.74, 6) is 1.92. The molecule has 4 nitrogen and oxygen atoms in total. The first-order chi connectivity index (χ1) is 16.2. The van der Waals surface area contributed by atoms with E-state index in [1.165, 1.54) is 37.1 Å². The highest BCUT2D eigenvalue weighted by Crippen LogP contribution is 2.22. The molecule has 0 amide bonds. The predicted octanol–water partition coefficient (Wildman–Crippen LogP) is 7.57. The van der Waals surface area contributed by atoms with Gasteiger partial charge in [0.1, 0.15) is 11.5 Å². The molecule has 33 heavy (non-hydrogen) atoms. The van der Waals surface area contributed by atoms with Gasteiger partial charge < -0.3 is 19.3 Å². The molecule has 0 unspecified atom stereocenters. The normalized spacial score (nSPS) is 10.8. The molecule has 4 heteroatoms. The molecule has 0 aliphatic carbocycles. The molecule has 0 saturated heterocycles. The molecule has 0 saturated carbocycles. The maximum atomic E-state index is 5.94. The second-order valence-corrected chi connectivity index (χ2v) is 8.72. The molecule has 0 aromatic heterocycles. The molecule has 0 fully saturated rings. The maximum Gasteiger partial charge on any atom is 0.119 e. The van der Waals surface area contributed by atoms with Gasteiger partial charge in [-0.1, -0.05) is 27.7 Å². The number of ether oxygens (including phenoxy) is 2. The van der Waals surface area contributed by atoms with Crippen LogP contribution >= 0.6 is 0 Å². The van der Waals surface area contributed by atoms with Crippen LogP contribution in [0.5, 0.6) is 11.5 Å². The smallest absolute Gasteiger partial charge is 0.119 e. The summed E-state index contributed by atoms with van der Waals surface area (Å²) < 4.78 is 11.9. The second-order valence-electron chi connectivity index (χ2n) is 8.72. The van der Waals surface area contributed by atoms with Crippen molar-refractivity contribution in [2.75, 3.05) is 49.2 Å².